The second-order valence-electron chi connectivity index (χ2n) is 5.72. The van der Waals surface area contributed by atoms with Gasteiger partial charge in [-0.1, -0.05) is 17.7 Å². The number of hydrogen-bond acceptors (Lipinski definition) is 2. The molecule has 0 saturated carbocycles. The third-order valence-electron chi connectivity index (χ3n) is 4.16. The van der Waals surface area contributed by atoms with Gasteiger partial charge >= 0.3 is 5.97 Å². The molecule has 0 aromatic heterocycles. The minimum Gasteiger partial charge on any atom is -0.481 e. The molecule has 1 unspecified atom stereocenters. The van der Waals surface area contributed by atoms with Gasteiger partial charge < -0.3 is 10.0 Å². The van der Waals surface area contributed by atoms with Crippen LogP contribution < -0.4 is 4.90 Å². The number of hydrogen-bond donors (Lipinski definition) is 1. The summed E-state index contributed by atoms with van der Waals surface area (Å²) >= 11 is 0. The van der Waals surface area contributed by atoms with E-state index in [0.29, 0.717) is 0 Å². The van der Waals surface area contributed by atoms with E-state index in [1.54, 1.807) is 0 Å². The summed E-state index contributed by atoms with van der Waals surface area (Å²) in [5.74, 6) is -0.477. The van der Waals surface area contributed by atoms with Gasteiger partial charge in [-0.3, -0.25) is 4.79 Å². The van der Waals surface area contributed by atoms with Crippen molar-refractivity contribution < 1.29 is 9.90 Å². The largest absolute Gasteiger partial charge is 0.481 e. The van der Waals surface area contributed by atoms with Crippen molar-refractivity contribution in [2.45, 2.75) is 39.2 Å². The molecule has 1 atom stereocenters. The molecule has 3 heteroatoms. The van der Waals surface area contributed by atoms with Crippen molar-refractivity contribution in [1.29, 1.82) is 0 Å². The van der Waals surface area contributed by atoms with Crippen LogP contribution in [0.1, 0.15) is 32.3 Å². The summed E-state index contributed by atoms with van der Waals surface area (Å²) in [6, 6.07) is 8.46. The molecule has 18 heavy (non-hydrogen) atoms. The van der Waals surface area contributed by atoms with Gasteiger partial charge in [0.05, 0.1) is 6.42 Å². The zero-order valence-corrected chi connectivity index (χ0v) is 11.3. The van der Waals surface area contributed by atoms with Crippen LogP contribution in [0.3, 0.4) is 0 Å². The molecular weight excluding hydrogens is 226 g/mol. The van der Waals surface area contributed by atoms with Gasteiger partial charge in [0.25, 0.3) is 0 Å². The molecule has 0 amide bonds. The monoisotopic (exact) mass is 247 g/mol. The predicted molar refractivity (Wildman–Crippen MR) is 73.0 cm³/mol. The van der Waals surface area contributed by atoms with E-state index in [2.05, 4.69) is 49.9 Å². The van der Waals surface area contributed by atoms with Crippen LogP contribution in [0.25, 0.3) is 0 Å². The summed E-state index contributed by atoms with van der Waals surface area (Å²) in [6.07, 6.45) is 1.21. The lowest BCUT2D eigenvalue weighted by Crippen LogP contribution is -2.43. The fourth-order valence-electron chi connectivity index (χ4n) is 2.90. The average Bonchev–Trinajstić information content (AvgIpc) is 2.56. The summed E-state index contributed by atoms with van der Waals surface area (Å²) < 4.78 is 0. The van der Waals surface area contributed by atoms with Gasteiger partial charge in [-0.25, -0.2) is 0 Å². The van der Waals surface area contributed by atoms with E-state index in [0.717, 1.165) is 13.0 Å². The predicted octanol–water partition coefficient (Wildman–Crippen LogP) is 3.07. The molecule has 1 aromatic carbocycles. The summed E-state index contributed by atoms with van der Waals surface area (Å²) in [5.41, 5.74) is 2.35. The maximum Gasteiger partial charge on any atom is 0.303 e. The number of carboxylic acids is 1. The Morgan fingerprint density at radius 2 is 2.00 bits per heavy atom. The van der Waals surface area contributed by atoms with Crippen molar-refractivity contribution >= 4 is 11.7 Å². The van der Waals surface area contributed by atoms with E-state index in [-0.39, 0.29) is 17.9 Å². The van der Waals surface area contributed by atoms with E-state index in [1.807, 2.05) is 0 Å². The third-order valence-corrected chi connectivity index (χ3v) is 4.16. The van der Waals surface area contributed by atoms with E-state index < -0.39 is 5.97 Å². The summed E-state index contributed by atoms with van der Waals surface area (Å²) in [7, 11) is 0. The molecule has 0 spiro atoms. The highest BCUT2D eigenvalue weighted by Crippen LogP contribution is 2.39. The molecular formula is C15H21NO2. The Labute approximate surface area is 108 Å². The van der Waals surface area contributed by atoms with Crippen LogP contribution in [0.5, 0.6) is 0 Å². The van der Waals surface area contributed by atoms with E-state index in [1.165, 1.54) is 11.3 Å². The number of anilines is 1. The highest BCUT2D eigenvalue weighted by atomic mass is 16.4. The van der Waals surface area contributed by atoms with Gasteiger partial charge in [0.1, 0.15) is 0 Å². The standard InChI is InChI=1S/C15H21NO2/c1-11-4-6-13(7-5-11)16-9-8-12(10-14(17)18)15(16,2)3/h4-7,12H,8-10H2,1-3H3,(H,17,18). The van der Waals surface area contributed by atoms with Crippen LogP contribution in [-0.4, -0.2) is 23.2 Å². The number of carboxylic acid groups (broad SMARTS) is 1. The molecule has 1 fully saturated rings. The Bertz CT molecular complexity index is 436. The second-order valence-corrected chi connectivity index (χ2v) is 5.72. The van der Waals surface area contributed by atoms with Crippen molar-refractivity contribution in [3.8, 4) is 0 Å². The zero-order valence-electron chi connectivity index (χ0n) is 11.3. The number of aryl methyl sites for hydroxylation is 1. The van der Waals surface area contributed by atoms with Gasteiger partial charge in [-0.15, -0.1) is 0 Å². The van der Waals surface area contributed by atoms with E-state index in [4.69, 9.17) is 5.11 Å². The van der Waals surface area contributed by atoms with E-state index >= 15 is 0 Å². The molecule has 1 saturated heterocycles. The second kappa shape index (κ2) is 4.63. The van der Waals surface area contributed by atoms with Crippen LogP contribution in [0.15, 0.2) is 24.3 Å². The van der Waals surface area contributed by atoms with E-state index in [9.17, 15) is 4.79 Å². The molecule has 1 heterocycles. The average molecular weight is 247 g/mol. The third kappa shape index (κ3) is 2.35. The lowest BCUT2D eigenvalue weighted by Gasteiger charge is -2.37. The normalized spacial score (nSPS) is 22.2. The van der Waals surface area contributed by atoms with Crippen LogP contribution in [0, 0.1) is 12.8 Å². The molecule has 0 aliphatic carbocycles. The van der Waals surface area contributed by atoms with Gasteiger partial charge in [0.15, 0.2) is 0 Å². The number of nitrogens with zero attached hydrogens (tertiary/aromatic N) is 1. The maximum atomic E-state index is 10.9. The molecule has 2 rings (SSSR count). The fraction of sp³-hybridized carbons (Fsp3) is 0.533. The highest BCUT2D eigenvalue weighted by Gasteiger charge is 2.42. The Hall–Kier alpha value is -1.51. The summed E-state index contributed by atoms with van der Waals surface area (Å²) in [6.45, 7) is 7.31. The Balaban J connectivity index is 2.20. The summed E-state index contributed by atoms with van der Waals surface area (Å²) in [4.78, 5) is 13.2. The van der Waals surface area contributed by atoms with Gasteiger partial charge in [0, 0.05) is 17.8 Å². The molecule has 0 bridgehead atoms. The lowest BCUT2D eigenvalue weighted by molar-refractivity contribution is -0.138. The highest BCUT2D eigenvalue weighted by molar-refractivity contribution is 5.68. The molecule has 0 radical (unpaired) electrons. The molecule has 1 aliphatic rings. The lowest BCUT2D eigenvalue weighted by atomic mass is 9.85. The topological polar surface area (TPSA) is 40.5 Å². The molecule has 3 nitrogen and oxygen atoms in total. The molecule has 1 aromatic rings. The quantitative estimate of drug-likeness (QED) is 0.892. The maximum absolute atomic E-state index is 10.9. The number of carbonyl (C=O) groups is 1. The Morgan fingerprint density at radius 3 is 2.56 bits per heavy atom. The Kier molecular flexibility index (Phi) is 3.33. The molecule has 98 valence electrons. The molecule has 1 N–H and O–H groups in total. The smallest absolute Gasteiger partial charge is 0.303 e. The van der Waals surface area contributed by atoms with Gasteiger partial charge in [-0.2, -0.15) is 0 Å². The van der Waals surface area contributed by atoms with Crippen LogP contribution in [-0.2, 0) is 4.79 Å². The van der Waals surface area contributed by atoms with Gasteiger partial charge in [-0.05, 0) is 45.2 Å². The summed E-state index contributed by atoms with van der Waals surface area (Å²) in [5, 5.41) is 8.98. The van der Waals surface area contributed by atoms with Crippen molar-refractivity contribution in [1.82, 2.24) is 0 Å². The van der Waals surface area contributed by atoms with Crippen LogP contribution >= 0.6 is 0 Å². The fourth-order valence-corrected chi connectivity index (χ4v) is 2.90. The van der Waals surface area contributed by atoms with Crippen molar-refractivity contribution in [3.63, 3.8) is 0 Å². The first-order chi connectivity index (χ1) is 8.41. The van der Waals surface area contributed by atoms with Crippen LogP contribution in [0.4, 0.5) is 5.69 Å². The van der Waals surface area contributed by atoms with Gasteiger partial charge in [0.2, 0.25) is 0 Å². The minimum atomic E-state index is -0.696. The number of rotatable bonds is 3. The van der Waals surface area contributed by atoms with Crippen LogP contribution in [0.2, 0.25) is 0 Å². The first-order valence-electron chi connectivity index (χ1n) is 6.47. The molecule has 1 aliphatic heterocycles. The Morgan fingerprint density at radius 1 is 1.39 bits per heavy atom. The first-order valence-corrected chi connectivity index (χ1v) is 6.47. The number of benzene rings is 1. The van der Waals surface area contributed by atoms with Crippen molar-refractivity contribution in [2.24, 2.45) is 5.92 Å². The zero-order chi connectivity index (χ0) is 13.3. The number of aliphatic carboxylic acids is 1. The minimum absolute atomic E-state index is 0.0896. The van der Waals surface area contributed by atoms with Crippen molar-refractivity contribution in [3.05, 3.63) is 29.8 Å². The van der Waals surface area contributed by atoms with Crippen molar-refractivity contribution in [2.75, 3.05) is 11.4 Å². The SMILES string of the molecule is Cc1ccc(N2CCC(CC(=O)O)C2(C)C)cc1. The first kappa shape index (κ1) is 12.9.